The number of hydrogen-bond acceptors (Lipinski definition) is 3. The molecule has 6 heteroatoms. The van der Waals surface area contributed by atoms with E-state index in [1.165, 1.54) is 0 Å². The van der Waals surface area contributed by atoms with Gasteiger partial charge in [0.25, 0.3) is 0 Å². The Morgan fingerprint density at radius 1 is 0.960 bits per heavy atom. The maximum atomic E-state index is 13.4. The molecule has 0 atom stereocenters. The van der Waals surface area contributed by atoms with Crippen LogP contribution in [-0.2, 0) is 6.54 Å². The molecule has 0 aromatic heterocycles. The van der Waals surface area contributed by atoms with Gasteiger partial charge in [-0.05, 0) is 29.8 Å². The standard InChI is InChI=1S/C19H14ClF2NOS/c20-13-5-3-6-15(8-13)25-18-7-2-1-4-12(18)11-23-14-9-16(21)19(24)17(22)10-14/h1-10,23-24H,11H2. The Morgan fingerprint density at radius 2 is 1.68 bits per heavy atom. The second kappa shape index (κ2) is 7.76. The summed E-state index contributed by atoms with van der Waals surface area (Å²) in [6.45, 7) is 0.382. The van der Waals surface area contributed by atoms with Crippen LogP contribution in [-0.4, -0.2) is 5.11 Å². The van der Waals surface area contributed by atoms with E-state index in [1.807, 2.05) is 48.5 Å². The predicted octanol–water partition coefficient (Wildman–Crippen LogP) is 6.09. The summed E-state index contributed by atoms with van der Waals surface area (Å²) in [4.78, 5) is 2.01. The van der Waals surface area contributed by atoms with Crippen molar-refractivity contribution in [3.05, 3.63) is 82.9 Å². The molecule has 25 heavy (non-hydrogen) atoms. The van der Waals surface area contributed by atoms with Crippen LogP contribution in [0, 0.1) is 11.6 Å². The number of nitrogens with one attached hydrogen (secondary N) is 1. The van der Waals surface area contributed by atoms with Crippen molar-refractivity contribution in [2.75, 3.05) is 5.32 Å². The lowest BCUT2D eigenvalue weighted by Gasteiger charge is -2.12. The normalized spacial score (nSPS) is 10.7. The number of rotatable bonds is 5. The molecule has 0 spiro atoms. The van der Waals surface area contributed by atoms with Gasteiger partial charge in [-0.25, -0.2) is 8.78 Å². The van der Waals surface area contributed by atoms with E-state index in [-0.39, 0.29) is 5.69 Å². The van der Waals surface area contributed by atoms with Gasteiger partial charge in [0.2, 0.25) is 0 Å². The van der Waals surface area contributed by atoms with Crippen LogP contribution >= 0.6 is 23.4 Å². The third-order valence-corrected chi connectivity index (χ3v) is 4.84. The zero-order chi connectivity index (χ0) is 17.8. The van der Waals surface area contributed by atoms with Crippen LogP contribution in [0.5, 0.6) is 5.75 Å². The molecular weight excluding hydrogens is 364 g/mol. The van der Waals surface area contributed by atoms with Crippen molar-refractivity contribution in [1.29, 1.82) is 0 Å². The van der Waals surface area contributed by atoms with Gasteiger partial charge in [0, 0.05) is 39.2 Å². The van der Waals surface area contributed by atoms with Gasteiger partial charge in [0.1, 0.15) is 0 Å². The third kappa shape index (κ3) is 4.44. The Morgan fingerprint density at radius 3 is 2.40 bits per heavy atom. The summed E-state index contributed by atoms with van der Waals surface area (Å²) in [5.74, 6) is -2.96. The molecule has 0 radical (unpaired) electrons. The zero-order valence-electron chi connectivity index (χ0n) is 13.0. The van der Waals surface area contributed by atoms with E-state index in [1.54, 1.807) is 11.8 Å². The Balaban J connectivity index is 1.77. The first-order valence-electron chi connectivity index (χ1n) is 7.46. The Bertz CT molecular complexity index is 881. The van der Waals surface area contributed by atoms with Crippen LogP contribution in [0.2, 0.25) is 5.02 Å². The van der Waals surface area contributed by atoms with E-state index in [4.69, 9.17) is 16.7 Å². The molecule has 0 amide bonds. The predicted molar refractivity (Wildman–Crippen MR) is 97.4 cm³/mol. The van der Waals surface area contributed by atoms with E-state index >= 15 is 0 Å². The van der Waals surface area contributed by atoms with Gasteiger partial charge in [0.15, 0.2) is 17.4 Å². The summed E-state index contributed by atoms with van der Waals surface area (Å²) in [7, 11) is 0. The number of halogens is 3. The number of phenolic OH excluding ortho intramolecular Hbond substituents is 1. The molecule has 0 heterocycles. The van der Waals surface area contributed by atoms with E-state index in [0.717, 1.165) is 27.5 Å². The summed E-state index contributed by atoms with van der Waals surface area (Å²) in [6.07, 6.45) is 0. The molecule has 3 aromatic carbocycles. The summed E-state index contributed by atoms with van der Waals surface area (Å²) in [6, 6.07) is 17.4. The van der Waals surface area contributed by atoms with Gasteiger partial charge in [0.05, 0.1) is 0 Å². The molecule has 0 unspecified atom stereocenters. The fourth-order valence-corrected chi connectivity index (χ4v) is 3.53. The van der Waals surface area contributed by atoms with Gasteiger partial charge in [-0.2, -0.15) is 0 Å². The minimum atomic E-state index is -0.996. The zero-order valence-corrected chi connectivity index (χ0v) is 14.5. The van der Waals surface area contributed by atoms with Crippen LogP contribution in [0.1, 0.15) is 5.56 Å². The van der Waals surface area contributed by atoms with Crippen LogP contribution in [0.4, 0.5) is 14.5 Å². The van der Waals surface area contributed by atoms with Gasteiger partial charge in [-0.1, -0.05) is 47.6 Å². The lowest BCUT2D eigenvalue weighted by Crippen LogP contribution is -2.02. The molecule has 2 nitrogen and oxygen atoms in total. The fraction of sp³-hybridized carbons (Fsp3) is 0.0526. The van der Waals surface area contributed by atoms with E-state index < -0.39 is 17.4 Å². The third-order valence-electron chi connectivity index (χ3n) is 3.50. The highest BCUT2D eigenvalue weighted by molar-refractivity contribution is 7.99. The van der Waals surface area contributed by atoms with E-state index in [0.29, 0.717) is 11.6 Å². The second-order valence-electron chi connectivity index (χ2n) is 5.31. The molecular formula is C19H14ClF2NOS. The van der Waals surface area contributed by atoms with Crippen LogP contribution < -0.4 is 5.32 Å². The summed E-state index contributed by atoms with van der Waals surface area (Å²) in [5.41, 5.74) is 1.23. The maximum absolute atomic E-state index is 13.4. The SMILES string of the molecule is Oc1c(F)cc(NCc2ccccc2Sc2cccc(Cl)c2)cc1F. The monoisotopic (exact) mass is 377 g/mol. The fourth-order valence-electron chi connectivity index (χ4n) is 2.27. The summed E-state index contributed by atoms with van der Waals surface area (Å²) < 4.78 is 26.8. The first kappa shape index (κ1) is 17.6. The molecule has 0 saturated carbocycles. The second-order valence-corrected chi connectivity index (χ2v) is 6.86. The van der Waals surface area contributed by atoms with Gasteiger partial charge < -0.3 is 10.4 Å². The summed E-state index contributed by atoms with van der Waals surface area (Å²) >= 11 is 7.58. The highest BCUT2D eigenvalue weighted by atomic mass is 35.5. The topological polar surface area (TPSA) is 32.3 Å². The van der Waals surface area contributed by atoms with E-state index in [9.17, 15) is 8.78 Å². The van der Waals surface area contributed by atoms with Crippen LogP contribution in [0.25, 0.3) is 0 Å². The molecule has 0 aliphatic carbocycles. The first-order chi connectivity index (χ1) is 12.0. The van der Waals surface area contributed by atoms with Crippen molar-refractivity contribution in [3.63, 3.8) is 0 Å². The lowest BCUT2D eigenvalue weighted by molar-refractivity contribution is 0.396. The molecule has 2 N–H and O–H groups in total. The Kier molecular flexibility index (Phi) is 5.46. The highest BCUT2D eigenvalue weighted by Crippen LogP contribution is 2.32. The van der Waals surface area contributed by atoms with Crippen molar-refractivity contribution in [1.82, 2.24) is 0 Å². The molecule has 0 fully saturated rings. The average Bonchev–Trinajstić information content (AvgIpc) is 2.59. The molecule has 0 bridgehead atoms. The average molecular weight is 378 g/mol. The van der Waals surface area contributed by atoms with Crippen LogP contribution in [0.15, 0.2) is 70.5 Å². The molecule has 128 valence electrons. The molecule has 0 saturated heterocycles. The quantitative estimate of drug-likeness (QED) is 0.528. The number of benzene rings is 3. The first-order valence-corrected chi connectivity index (χ1v) is 8.65. The van der Waals surface area contributed by atoms with E-state index in [2.05, 4.69) is 5.32 Å². The molecule has 0 aliphatic heterocycles. The molecule has 3 aromatic rings. The minimum absolute atomic E-state index is 0.260. The Labute approximate surface area is 153 Å². The summed E-state index contributed by atoms with van der Waals surface area (Å²) in [5, 5.41) is 12.8. The van der Waals surface area contributed by atoms with Gasteiger partial charge in [-0.3, -0.25) is 0 Å². The van der Waals surface area contributed by atoms with Crippen molar-refractivity contribution < 1.29 is 13.9 Å². The number of aromatic hydroxyl groups is 1. The number of phenols is 1. The smallest absolute Gasteiger partial charge is 0.187 e. The lowest BCUT2D eigenvalue weighted by atomic mass is 10.2. The molecule has 0 aliphatic rings. The number of anilines is 1. The largest absolute Gasteiger partial charge is 0.503 e. The van der Waals surface area contributed by atoms with Crippen molar-refractivity contribution in [2.24, 2.45) is 0 Å². The minimum Gasteiger partial charge on any atom is -0.503 e. The van der Waals surface area contributed by atoms with Gasteiger partial charge in [-0.15, -0.1) is 0 Å². The van der Waals surface area contributed by atoms with Gasteiger partial charge >= 0.3 is 0 Å². The van der Waals surface area contributed by atoms with Crippen molar-refractivity contribution in [3.8, 4) is 5.75 Å². The van der Waals surface area contributed by atoms with Crippen molar-refractivity contribution in [2.45, 2.75) is 16.3 Å². The van der Waals surface area contributed by atoms with Crippen molar-refractivity contribution >= 4 is 29.1 Å². The highest BCUT2D eigenvalue weighted by Gasteiger charge is 2.10. The van der Waals surface area contributed by atoms with Crippen LogP contribution in [0.3, 0.4) is 0 Å². The maximum Gasteiger partial charge on any atom is 0.187 e. The number of hydrogen-bond donors (Lipinski definition) is 2. The molecule has 3 rings (SSSR count). The Hall–Kier alpha value is -2.24.